The maximum Gasteiger partial charge on any atom is 0.314 e. The van der Waals surface area contributed by atoms with Crippen LogP contribution in [-0.4, -0.2) is 16.9 Å². The minimum Gasteiger partial charge on any atom is -0.506 e. The lowest BCUT2D eigenvalue weighted by molar-refractivity contribution is -0.133. The monoisotopic (exact) mass is 318 g/mol. The topological polar surface area (TPSA) is 78.4 Å². The standard InChI is InChI=1S/C16H15ClN2O3/c1-9-4-3-5-12(10(9)2)18-15(21)16(22)19-13-8-11(17)6-7-14(13)20/h3-8,20H,1-2H3,(H,18,21)(H,19,22). The Morgan fingerprint density at radius 3 is 2.32 bits per heavy atom. The Bertz CT molecular complexity index is 730. The second kappa shape index (κ2) is 6.49. The molecule has 2 aromatic rings. The smallest absolute Gasteiger partial charge is 0.314 e. The van der Waals surface area contributed by atoms with Crippen molar-refractivity contribution in [3.8, 4) is 5.75 Å². The SMILES string of the molecule is Cc1cccc(NC(=O)C(=O)Nc2cc(Cl)ccc2O)c1C. The molecule has 2 aromatic carbocycles. The van der Waals surface area contributed by atoms with Gasteiger partial charge in [-0.3, -0.25) is 9.59 Å². The lowest BCUT2D eigenvalue weighted by atomic mass is 10.1. The molecule has 5 nitrogen and oxygen atoms in total. The number of hydrogen-bond acceptors (Lipinski definition) is 3. The highest BCUT2D eigenvalue weighted by molar-refractivity contribution is 6.44. The van der Waals surface area contributed by atoms with Crippen molar-refractivity contribution in [1.29, 1.82) is 0 Å². The fraction of sp³-hybridized carbons (Fsp3) is 0.125. The zero-order valence-corrected chi connectivity index (χ0v) is 12.9. The number of phenolic OH excluding ortho intramolecular Hbond substituents is 1. The van der Waals surface area contributed by atoms with Gasteiger partial charge in [-0.1, -0.05) is 23.7 Å². The van der Waals surface area contributed by atoms with E-state index in [9.17, 15) is 14.7 Å². The van der Waals surface area contributed by atoms with E-state index in [0.717, 1.165) is 11.1 Å². The molecule has 0 radical (unpaired) electrons. The van der Waals surface area contributed by atoms with E-state index in [1.165, 1.54) is 18.2 Å². The molecular weight excluding hydrogens is 304 g/mol. The molecule has 0 aliphatic heterocycles. The van der Waals surface area contributed by atoms with Gasteiger partial charge in [0, 0.05) is 10.7 Å². The maximum atomic E-state index is 11.9. The van der Waals surface area contributed by atoms with Crippen LogP contribution < -0.4 is 10.6 Å². The molecule has 0 fully saturated rings. The van der Waals surface area contributed by atoms with E-state index in [4.69, 9.17) is 11.6 Å². The number of aromatic hydroxyl groups is 1. The van der Waals surface area contributed by atoms with Crippen molar-refractivity contribution in [3.63, 3.8) is 0 Å². The van der Waals surface area contributed by atoms with Gasteiger partial charge in [0.25, 0.3) is 0 Å². The molecule has 0 aromatic heterocycles. The summed E-state index contributed by atoms with van der Waals surface area (Å²) in [5.41, 5.74) is 2.53. The van der Waals surface area contributed by atoms with Crippen LogP contribution in [0.4, 0.5) is 11.4 Å². The van der Waals surface area contributed by atoms with Crippen molar-refractivity contribution in [2.75, 3.05) is 10.6 Å². The number of carbonyl (C=O) groups is 2. The van der Waals surface area contributed by atoms with Crippen LogP contribution in [-0.2, 0) is 9.59 Å². The molecule has 2 amide bonds. The number of anilines is 2. The van der Waals surface area contributed by atoms with Crippen molar-refractivity contribution in [2.24, 2.45) is 0 Å². The number of carbonyl (C=O) groups excluding carboxylic acids is 2. The molecule has 0 saturated carbocycles. The zero-order valence-electron chi connectivity index (χ0n) is 12.1. The molecule has 0 unspecified atom stereocenters. The summed E-state index contributed by atoms with van der Waals surface area (Å²) in [6, 6.07) is 9.58. The fourth-order valence-electron chi connectivity index (χ4n) is 1.85. The molecule has 0 saturated heterocycles. The average Bonchev–Trinajstić information content (AvgIpc) is 2.47. The minimum absolute atomic E-state index is 0.0774. The van der Waals surface area contributed by atoms with Crippen LogP contribution in [0.2, 0.25) is 5.02 Å². The molecule has 0 spiro atoms. The Hall–Kier alpha value is -2.53. The predicted octanol–water partition coefficient (Wildman–Crippen LogP) is 3.24. The summed E-state index contributed by atoms with van der Waals surface area (Å²) in [5, 5.41) is 14.8. The highest BCUT2D eigenvalue weighted by Crippen LogP contribution is 2.26. The van der Waals surface area contributed by atoms with Crippen LogP contribution in [0.5, 0.6) is 5.75 Å². The van der Waals surface area contributed by atoms with Crippen LogP contribution >= 0.6 is 11.6 Å². The van der Waals surface area contributed by atoms with Crippen molar-refractivity contribution in [1.82, 2.24) is 0 Å². The lowest BCUT2D eigenvalue weighted by Crippen LogP contribution is -2.29. The normalized spacial score (nSPS) is 10.1. The van der Waals surface area contributed by atoms with E-state index >= 15 is 0 Å². The van der Waals surface area contributed by atoms with Gasteiger partial charge >= 0.3 is 11.8 Å². The summed E-state index contributed by atoms with van der Waals surface area (Å²) in [5.74, 6) is -1.89. The molecule has 6 heteroatoms. The van der Waals surface area contributed by atoms with Gasteiger partial charge in [0.05, 0.1) is 5.69 Å². The van der Waals surface area contributed by atoms with E-state index in [-0.39, 0.29) is 11.4 Å². The number of halogens is 1. The molecule has 2 rings (SSSR count). The maximum absolute atomic E-state index is 11.9. The van der Waals surface area contributed by atoms with Gasteiger partial charge < -0.3 is 15.7 Å². The minimum atomic E-state index is -0.890. The van der Waals surface area contributed by atoms with Crippen molar-refractivity contribution in [3.05, 3.63) is 52.5 Å². The number of benzene rings is 2. The third-order valence-electron chi connectivity index (χ3n) is 3.27. The number of rotatable bonds is 2. The van der Waals surface area contributed by atoms with E-state index < -0.39 is 11.8 Å². The number of aryl methyl sites for hydroxylation is 1. The first kappa shape index (κ1) is 15.9. The van der Waals surface area contributed by atoms with Crippen LogP contribution in [0.15, 0.2) is 36.4 Å². The van der Waals surface area contributed by atoms with Crippen LogP contribution in [0, 0.1) is 13.8 Å². The van der Waals surface area contributed by atoms with Crippen LogP contribution in [0.25, 0.3) is 0 Å². The van der Waals surface area contributed by atoms with Gasteiger partial charge in [0.1, 0.15) is 5.75 Å². The Morgan fingerprint density at radius 1 is 1.00 bits per heavy atom. The first-order valence-electron chi connectivity index (χ1n) is 6.55. The first-order chi connectivity index (χ1) is 10.4. The summed E-state index contributed by atoms with van der Waals surface area (Å²) in [6.45, 7) is 3.76. The first-order valence-corrected chi connectivity index (χ1v) is 6.93. The van der Waals surface area contributed by atoms with Crippen molar-refractivity contribution in [2.45, 2.75) is 13.8 Å². The highest BCUT2D eigenvalue weighted by atomic mass is 35.5. The third kappa shape index (κ3) is 3.56. The predicted molar refractivity (Wildman–Crippen MR) is 86.3 cm³/mol. The largest absolute Gasteiger partial charge is 0.506 e. The summed E-state index contributed by atoms with van der Waals surface area (Å²) in [7, 11) is 0. The molecule has 0 aliphatic rings. The molecule has 0 atom stereocenters. The quantitative estimate of drug-likeness (QED) is 0.587. The highest BCUT2D eigenvalue weighted by Gasteiger charge is 2.17. The van der Waals surface area contributed by atoms with Gasteiger partial charge in [0.15, 0.2) is 0 Å². The fourth-order valence-corrected chi connectivity index (χ4v) is 2.03. The number of amides is 2. The lowest BCUT2D eigenvalue weighted by Gasteiger charge is -2.11. The Labute approximate surface area is 132 Å². The number of nitrogens with one attached hydrogen (secondary N) is 2. The molecule has 22 heavy (non-hydrogen) atoms. The third-order valence-corrected chi connectivity index (χ3v) is 3.50. The Morgan fingerprint density at radius 2 is 1.64 bits per heavy atom. The Balaban J connectivity index is 2.11. The zero-order chi connectivity index (χ0) is 16.3. The van der Waals surface area contributed by atoms with Crippen LogP contribution in [0.3, 0.4) is 0 Å². The number of hydrogen-bond donors (Lipinski definition) is 3. The van der Waals surface area contributed by atoms with E-state index in [1.807, 2.05) is 19.9 Å². The number of phenols is 1. The second-order valence-electron chi connectivity index (χ2n) is 4.82. The molecular formula is C16H15ClN2O3. The van der Waals surface area contributed by atoms with Gasteiger partial charge in [-0.25, -0.2) is 0 Å². The van der Waals surface area contributed by atoms with E-state index in [1.54, 1.807) is 12.1 Å². The summed E-state index contributed by atoms with van der Waals surface area (Å²) in [4.78, 5) is 23.8. The van der Waals surface area contributed by atoms with Crippen molar-refractivity contribution >= 4 is 34.8 Å². The summed E-state index contributed by atoms with van der Waals surface area (Å²) in [6.07, 6.45) is 0. The molecule has 114 valence electrons. The Kier molecular flexibility index (Phi) is 4.68. The molecule has 0 aliphatic carbocycles. The summed E-state index contributed by atoms with van der Waals surface area (Å²) < 4.78 is 0. The second-order valence-corrected chi connectivity index (χ2v) is 5.25. The van der Waals surface area contributed by atoms with Gasteiger partial charge in [-0.05, 0) is 49.2 Å². The molecule has 3 N–H and O–H groups in total. The van der Waals surface area contributed by atoms with Gasteiger partial charge in [-0.15, -0.1) is 0 Å². The van der Waals surface area contributed by atoms with E-state index in [2.05, 4.69) is 10.6 Å². The summed E-state index contributed by atoms with van der Waals surface area (Å²) >= 11 is 5.78. The average molecular weight is 319 g/mol. The molecule has 0 bridgehead atoms. The van der Waals surface area contributed by atoms with Crippen LogP contribution in [0.1, 0.15) is 11.1 Å². The van der Waals surface area contributed by atoms with E-state index in [0.29, 0.717) is 10.7 Å². The molecule has 0 heterocycles. The van der Waals surface area contributed by atoms with Crippen molar-refractivity contribution < 1.29 is 14.7 Å². The van der Waals surface area contributed by atoms with Gasteiger partial charge in [-0.2, -0.15) is 0 Å². The van der Waals surface area contributed by atoms with Gasteiger partial charge in [0.2, 0.25) is 0 Å².